The predicted octanol–water partition coefficient (Wildman–Crippen LogP) is 3.15. The first-order valence-electron chi connectivity index (χ1n) is 6.18. The van der Waals surface area contributed by atoms with Crippen molar-refractivity contribution in [2.75, 3.05) is 0 Å². The van der Waals surface area contributed by atoms with Gasteiger partial charge in [-0.2, -0.15) is 0 Å². The third kappa shape index (κ3) is 2.27. The largest absolute Gasteiger partial charge is 0.402 e. The zero-order valence-electron chi connectivity index (χ0n) is 10.6. The molecular formula is C16H13NO2. The van der Waals surface area contributed by atoms with E-state index in [0.717, 1.165) is 17.6 Å². The molecule has 0 bridgehead atoms. The number of esters is 1. The molecule has 0 spiro atoms. The maximum atomic E-state index is 11.9. The van der Waals surface area contributed by atoms with Crippen LogP contribution in [0.2, 0.25) is 0 Å². The van der Waals surface area contributed by atoms with Gasteiger partial charge in [0.25, 0.3) is 0 Å². The van der Waals surface area contributed by atoms with E-state index in [9.17, 15) is 4.79 Å². The summed E-state index contributed by atoms with van der Waals surface area (Å²) in [5.41, 5.74) is 3.33. The number of hydrogen-bond donors (Lipinski definition) is 0. The number of carbonyl (C=O) groups excluding carboxylic acids is 1. The average molecular weight is 251 g/mol. The minimum atomic E-state index is -0.369. The molecule has 1 aliphatic carbocycles. The molecule has 0 radical (unpaired) electrons. The Morgan fingerprint density at radius 3 is 2.63 bits per heavy atom. The number of nitrogens with zero attached hydrogens (tertiary/aromatic N) is 1. The Labute approximate surface area is 111 Å². The van der Waals surface area contributed by atoms with Crippen LogP contribution in [0.5, 0.6) is 0 Å². The lowest BCUT2D eigenvalue weighted by atomic mass is 10.0. The molecule has 0 unspecified atom stereocenters. The molecule has 0 fully saturated rings. The van der Waals surface area contributed by atoms with Crippen LogP contribution in [-0.2, 0) is 9.53 Å². The second kappa shape index (κ2) is 4.69. The standard InChI is InChI=1S/C16H13NO2/c1-11-7-9-12(10-8-11)14-16(18)19-15(17-14)13-5-3-2-4-6-13/h2-9H,10H2,1H3. The van der Waals surface area contributed by atoms with Gasteiger partial charge in [0.2, 0.25) is 5.90 Å². The van der Waals surface area contributed by atoms with Gasteiger partial charge in [0.1, 0.15) is 0 Å². The van der Waals surface area contributed by atoms with Crippen molar-refractivity contribution < 1.29 is 9.53 Å². The highest BCUT2D eigenvalue weighted by molar-refractivity contribution is 6.11. The number of allylic oxidation sites excluding steroid dienone is 5. The maximum absolute atomic E-state index is 11.9. The molecule has 0 saturated carbocycles. The average Bonchev–Trinajstić information content (AvgIpc) is 2.83. The number of rotatable bonds is 1. The zero-order valence-corrected chi connectivity index (χ0v) is 10.6. The molecule has 1 heterocycles. The lowest BCUT2D eigenvalue weighted by Gasteiger charge is -2.05. The van der Waals surface area contributed by atoms with Gasteiger partial charge in [0.15, 0.2) is 5.70 Å². The molecule has 0 N–H and O–H groups in total. The fourth-order valence-corrected chi connectivity index (χ4v) is 2.03. The van der Waals surface area contributed by atoms with Crippen LogP contribution in [0.3, 0.4) is 0 Å². The Bertz CT molecular complexity index is 649. The summed E-state index contributed by atoms with van der Waals surface area (Å²) in [4.78, 5) is 16.2. The molecule has 0 atom stereocenters. The van der Waals surface area contributed by atoms with Crippen molar-refractivity contribution in [2.24, 2.45) is 4.99 Å². The van der Waals surface area contributed by atoms with Gasteiger partial charge in [-0.3, -0.25) is 0 Å². The Hall–Kier alpha value is -2.42. The van der Waals surface area contributed by atoms with E-state index in [1.807, 2.05) is 49.4 Å². The number of ether oxygens (including phenoxy) is 1. The quantitative estimate of drug-likeness (QED) is 0.568. The highest BCUT2D eigenvalue weighted by Gasteiger charge is 2.26. The van der Waals surface area contributed by atoms with Crippen molar-refractivity contribution in [3.63, 3.8) is 0 Å². The van der Waals surface area contributed by atoms with E-state index >= 15 is 0 Å². The molecule has 0 aromatic heterocycles. The molecule has 1 aromatic rings. The molecule has 0 amide bonds. The summed E-state index contributed by atoms with van der Waals surface area (Å²) in [7, 11) is 0. The normalized spacial score (nSPS) is 22.1. The second-order valence-electron chi connectivity index (χ2n) is 4.53. The lowest BCUT2D eigenvalue weighted by Crippen LogP contribution is -2.06. The van der Waals surface area contributed by atoms with Crippen molar-refractivity contribution in [2.45, 2.75) is 13.3 Å². The minimum Gasteiger partial charge on any atom is -0.402 e. The number of cyclic esters (lactones) is 1. The van der Waals surface area contributed by atoms with Crippen LogP contribution >= 0.6 is 0 Å². The van der Waals surface area contributed by atoms with E-state index in [-0.39, 0.29) is 5.97 Å². The van der Waals surface area contributed by atoms with Crippen molar-refractivity contribution in [3.8, 4) is 0 Å². The first kappa shape index (κ1) is 11.7. The summed E-state index contributed by atoms with van der Waals surface area (Å²) >= 11 is 0. The number of aliphatic imine (C=N–C) groups is 1. The van der Waals surface area contributed by atoms with Gasteiger partial charge in [-0.15, -0.1) is 0 Å². The number of benzene rings is 1. The molecule has 0 saturated heterocycles. The molecule has 94 valence electrons. The number of carbonyl (C=O) groups is 1. The minimum absolute atomic E-state index is 0.369. The van der Waals surface area contributed by atoms with Gasteiger partial charge in [-0.05, 0) is 31.1 Å². The van der Waals surface area contributed by atoms with Gasteiger partial charge < -0.3 is 4.74 Å². The van der Waals surface area contributed by atoms with Crippen LogP contribution in [0.1, 0.15) is 18.9 Å². The smallest absolute Gasteiger partial charge is 0.364 e. The SMILES string of the molecule is CC1=CCC(=C2N=C(c3ccccc3)OC2=O)C=C1. The Morgan fingerprint density at radius 1 is 1.16 bits per heavy atom. The van der Waals surface area contributed by atoms with Crippen LogP contribution in [0, 0.1) is 0 Å². The van der Waals surface area contributed by atoms with Gasteiger partial charge in [-0.25, -0.2) is 9.79 Å². The molecule has 3 rings (SSSR count). The summed E-state index contributed by atoms with van der Waals surface area (Å²) in [5.74, 6) is 0.0132. The fraction of sp³-hybridized carbons (Fsp3) is 0.125. The van der Waals surface area contributed by atoms with Crippen LogP contribution in [-0.4, -0.2) is 11.9 Å². The molecule has 3 nitrogen and oxygen atoms in total. The van der Waals surface area contributed by atoms with Crippen molar-refractivity contribution >= 4 is 11.9 Å². The van der Waals surface area contributed by atoms with E-state index in [4.69, 9.17) is 4.74 Å². The Morgan fingerprint density at radius 2 is 1.95 bits per heavy atom. The first-order valence-corrected chi connectivity index (χ1v) is 6.18. The summed E-state index contributed by atoms with van der Waals surface area (Å²) < 4.78 is 5.24. The van der Waals surface area contributed by atoms with Crippen LogP contribution < -0.4 is 0 Å². The third-order valence-corrected chi connectivity index (χ3v) is 3.11. The fourth-order valence-electron chi connectivity index (χ4n) is 2.03. The van der Waals surface area contributed by atoms with Crippen molar-refractivity contribution in [3.05, 3.63) is 71.0 Å². The molecule has 1 aromatic carbocycles. The zero-order chi connectivity index (χ0) is 13.2. The van der Waals surface area contributed by atoms with E-state index in [1.165, 1.54) is 5.57 Å². The molecular weight excluding hydrogens is 238 g/mol. The van der Waals surface area contributed by atoms with Crippen LogP contribution in [0.15, 0.2) is 70.4 Å². The summed E-state index contributed by atoms with van der Waals surface area (Å²) in [6, 6.07) is 9.45. The second-order valence-corrected chi connectivity index (χ2v) is 4.53. The Kier molecular flexibility index (Phi) is 2.88. The van der Waals surface area contributed by atoms with Crippen molar-refractivity contribution in [1.82, 2.24) is 0 Å². The highest BCUT2D eigenvalue weighted by atomic mass is 16.6. The van der Waals surface area contributed by atoms with Gasteiger partial charge >= 0.3 is 5.97 Å². The van der Waals surface area contributed by atoms with Gasteiger partial charge in [-0.1, -0.05) is 42.0 Å². The summed E-state index contributed by atoms with van der Waals surface area (Å²) in [5, 5.41) is 0. The van der Waals surface area contributed by atoms with E-state index in [0.29, 0.717) is 11.6 Å². The third-order valence-electron chi connectivity index (χ3n) is 3.11. The van der Waals surface area contributed by atoms with Crippen LogP contribution in [0.4, 0.5) is 0 Å². The molecule has 19 heavy (non-hydrogen) atoms. The van der Waals surface area contributed by atoms with Crippen LogP contribution in [0.25, 0.3) is 0 Å². The summed E-state index contributed by atoms with van der Waals surface area (Å²) in [6.07, 6.45) is 6.71. The van der Waals surface area contributed by atoms with E-state index < -0.39 is 0 Å². The summed E-state index contributed by atoms with van der Waals surface area (Å²) in [6.45, 7) is 2.03. The molecule has 2 aliphatic rings. The predicted molar refractivity (Wildman–Crippen MR) is 73.6 cm³/mol. The lowest BCUT2D eigenvalue weighted by molar-refractivity contribution is -0.130. The van der Waals surface area contributed by atoms with E-state index in [1.54, 1.807) is 0 Å². The molecule has 3 heteroatoms. The van der Waals surface area contributed by atoms with E-state index in [2.05, 4.69) is 11.1 Å². The monoisotopic (exact) mass is 251 g/mol. The first-order chi connectivity index (χ1) is 9.24. The maximum Gasteiger partial charge on any atom is 0.364 e. The molecule has 1 aliphatic heterocycles. The van der Waals surface area contributed by atoms with Gasteiger partial charge in [0, 0.05) is 5.56 Å². The highest BCUT2D eigenvalue weighted by Crippen LogP contribution is 2.25. The topological polar surface area (TPSA) is 38.7 Å². The van der Waals surface area contributed by atoms with Crippen molar-refractivity contribution in [1.29, 1.82) is 0 Å². The Balaban J connectivity index is 1.97. The number of hydrogen-bond acceptors (Lipinski definition) is 3. The van der Waals surface area contributed by atoms with Gasteiger partial charge in [0.05, 0.1) is 0 Å².